The smallest absolute Gasteiger partial charge is 0.416 e. The van der Waals surface area contributed by atoms with Crippen molar-refractivity contribution in [3.8, 4) is 5.88 Å². The van der Waals surface area contributed by atoms with Crippen molar-refractivity contribution in [2.24, 2.45) is 0 Å². The highest BCUT2D eigenvalue weighted by Crippen LogP contribution is 2.37. The van der Waals surface area contributed by atoms with Gasteiger partial charge in [-0.3, -0.25) is 0 Å². The van der Waals surface area contributed by atoms with Gasteiger partial charge in [0.15, 0.2) is 0 Å². The first-order valence-electron chi connectivity index (χ1n) is 8.46. The van der Waals surface area contributed by atoms with E-state index in [1.54, 1.807) is 0 Å². The van der Waals surface area contributed by atoms with Crippen molar-refractivity contribution in [3.63, 3.8) is 0 Å². The summed E-state index contributed by atoms with van der Waals surface area (Å²) >= 11 is 0.957. The summed E-state index contributed by atoms with van der Waals surface area (Å²) in [5.41, 5.74) is -3.59. The lowest BCUT2D eigenvalue weighted by atomic mass is 10.1. The van der Waals surface area contributed by atoms with Crippen molar-refractivity contribution in [2.45, 2.75) is 12.4 Å². The number of nitrogens with one attached hydrogen (secondary N) is 1. The number of hydrogen-bond donors (Lipinski definition) is 1. The number of nitrogens with zero attached hydrogens (tertiary/aromatic N) is 4. The molecule has 1 aliphatic rings. The van der Waals surface area contributed by atoms with Crippen LogP contribution < -0.4 is 15.0 Å². The Hall–Kier alpha value is -2.77. The third-order valence-electron chi connectivity index (χ3n) is 4.34. The summed E-state index contributed by atoms with van der Waals surface area (Å²) in [4.78, 5) is 15.5. The van der Waals surface area contributed by atoms with E-state index < -0.39 is 35.2 Å². The topological polar surface area (TPSA) is 70.6 Å². The number of carbonyl (C=O) groups is 1. The lowest BCUT2D eigenvalue weighted by molar-refractivity contribution is -0.143. The Kier molecular flexibility index (Phi) is 5.97. The maximum atomic E-state index is 13.0. The molecule has 0 saturated carbocycles. The van der Waals surface area contributed by atoms with Crippen LogP contribution in [0.3, 0.4) is 0 Å². The second-order valence-electron chi connectivity index (χ2n) is 6.30. The average Bonchev–Trinajstić information content (AvgIpc) is 3.15. The number of aromatic nitrogens is 2. The molecule has 14 heteroatoms. The maximum absolute atomic E-state index is 13.0. The number of benzene rings is 1. The van der Waals surface area contributed by atoms with Gasteiger partial charge >= 0.3 is 18.4 Å². The molecule has 1 saturated heterocycles. The highest BCUT2D eigenvalue weighted by atomic mass is 32.1. The number of anilines is 2. The predicted octanol–water partition coefficient (Wildman–Crippen LogP) is 3.94. The average molecular weight is 455 g/mol. The molecule has 2 amide bonds. The lowest BCUT2D eigenvalue weighted by Gasteiger charge is -2.34. The van der Waals surface area contributed by atoms with Crippen LogP contribution in [0.4, 0.5) is 42.6 Å². The van der Waals surface area contributed by atoms with Gasteiger partial charge in [-0.05, 0) is 18.2 Å². The fourth-order valence-corrected chi connectivity index (χ4v) is 3.39. The fourth-order valence-electron chi connectivity index (χ4n) is 2.85. The number of methoxy groups -OCH3 is 1. The molecule has 0 spiro atoms. The molecule has 7 nitrogen and oxygen atoms in total. The van der Waals surface area contributed by atoms with Crippen molar-refractivity contribution in [1.29, 1.82) is 0 Å². The molecular formula is C16H15F6N5O2S. The summed E-state index contributed by atoms with van der Waals surface area (Å²) in [6.07, 6.45) is -9.99. The molecule has 3 rings (SSSR count). The molecule has 0 radical (unpaired) electrons. The Morgan fingerprint density at radius 3 is 2.07 bits per heavy atom. The minimum atomic E-state index is -4.99. The van der Waals surface area contributed by atoms with Crippen molar-refractivity contribution in [2.75, 3.05) is 43.5 Å². The molecular weight excluding hydrogens is 440 g/mol. The van der Waals surface area contributed by atoms with E-state index in [4.69, 9.17) is 4.74 Å². The van der Waals surface area contributed by atoms with Crippen LogP contribution in [0.15, 0.2) is 18.2 Å². The zero-order chi connectivity index (χ0) is 22.1. The van der Waals surface area contributed by atoms with Crippen LogP contribution in [-0.4, -0.2) is 53.0 Å². The molecule has 2 aromatic rings. The number of carbonyl (C=O) groups excluding carboxylic acids is 1. The van der Waals surface area contributed by atoms with Gasteiger partial charge in [-0.1, -0.05) is 0 Å². The van der Waals surface area contributed by atoms with Crippen LogP contribution in [0.5, 0.6) is 5.88 Å². The monoisotopic (exact) mass is 455 g/mol. The molecule has 164 valence electrons. The molecule has 1 aromatic heterocycles. The van der Waals surface area contributed by atoms with Crippen LogP contribution >= 0.6 is 11.7 Å². The number of ether oxygens (including phenoxy) is 1. The molecule has 0 atom stereocenters. The molecule has 2 heterocycles. The molecule has 0 unspecified atom stereocenters. The SMILES string of the molecule is COc1nsnc1N1CCN(C(=O)Nc2cc(C(F)(F)F)cc(C(F)(F)F)c2)CC1. The number of rotatable bonds is 3. The third-order valence-corrected chi connectivity index (χ3v) is 4.84. The van der Waals surface area contributed by atoms with Gasteiger partial charge in [-0.2, -0.15) is 30.7 Å². The summed E-state index contributed by atoms with van der Waals surface area (Å²) < 4.78 is 90.9. The van der Waals surface area contributed by atoms with Gasteiger partial charge in [-0.25, -0.2) is 4.79 Å². The van der Waals surface area contributed by atoms with Crippen LogP contribution in [0, 0.1) is 0 Å². The highest BCUT2D eigenvalue weighted by Gasteiger charge is 2.37. The van der Waals surface area contributed by atoms with E-state index >= 15 is 0 Å². The minimum Gasteiger partial charge on any atom is -0.478 e. The summed E-state index contributed by atoms with van der Waals surface area (Å²) in [7, 11) is 1.44. The molecule has 30 heavy (non-hydrogen) atoms. The van der Waals surface area contributed by atoms with Gasteiger partial charge in [0.05, 0.1) is 30.0 Å². The number of urea groups is 1. The zero-order valence-electron chi connectivity index (χ0n) is 15.3. The van der Waals surface area contributed by atoms with Crippen LogP contribution in [-0.2, 0) is 12.4 Å². The predicted molar refractivity (Wildman–Crippen MR) is 95.7 cm³/mol. The van der Waals surface area contributed by atoms with Gasteiger partial charge in [0, 0.05) is 31.9 Å². The van der Waals surface area contributed by atoms with E-state index in [0.717, 1.165) is 11.7 Å². The van der Waals surface area contributed by atoms with Crippen molar-refractivity contribution < 1.29 is 35.9 Å². The number of hydrogen-bond acceptors (Lipinski definition) is 6. The molecule has 1 aromatic carbocycles. The highest BCUT2D eigenvalue weighted by molar-refractivity contribution is 6.99. The quantitative estimate of drug-likeness (QED) is 0.711. The van der Waals surface area contributed by atoms with E-state index in [2.05, 4.69) is 14.1 Å². The summed E-state index contributed by atoms with van der Waals surface area (Å²) in [5.74, 6) is 0.844. The number of alkyl halides is 6. The third kappa shape index (κ3) is 4.86. The Morgan fingerprint density at radius 1 is 1.00 bits per heavy atom. The first-order valence-corrected chi connectivity index (χ1v) is 9.19. The van der Waals surface area contributed by atoms with Crippen LogP contribution in [0.2, 0.25) is 0 Å². The van der Waals surface area contributed by atoms with E-state index in [1.807, 2.05) is 4.90 Å². The van der Waals surface area contributed by atoms with Gasteiger partial charge in [-0.15, -0.1) is 4.37 Å². The van der Waals surface area contributed by atoms with Crippen LogP contribution in [0.1, 0.15) is 11.1 Å². The van der Waals surface area contributed by atoms with E-state index in [9.17, 15) is 31.1 Å². The van der Waals surface area contributed by atoms with Crippen LogP contribution in [0.25, 0.3) is 0 Å². The Bertz CT molecular complexity index is 876. The summed E-state index contributed by atoms with van der Waals surface area (Å²) in [6.45, 7) is 1.03. The van der Waals surface area contributed by atoms with E-state index in [1.165, 1.54) is 12.0 Å². The molecule has 1 N–H and O–H groups in total. The molecule has 1 fully saturated rings. The first kappa shape index (κ1) is 21.9. The fraction of sp³-hybridized carbons (Fsp3) is 0.438. The van der Waals surface area contributed by atoms with Crippen molar-refractivity contribution >= 4 is 29.3 Å². The lowest BCUT2D eigenvalue weighted by Crippen LogP contribution is -2.50. The Labute approximate surface area is 170 Å². The molecule has 1 aliphatic heterocycles. The summed E-state index contributed by atoms with van der Waals surface area (Å²) in [6, 6.07) is 0.138. The summed E-state index contributed by atoms with van der Waals surface area (Å²) in [5, 5.41) is 2.13. The molecule has 0 aliphatic carbocycles. The number of amides is 2. The Balaban J connectivity index is 1.70. The maximum Gasteiger partial charge on any atom is 0.416 e. The van der Waals surface area contributed by atoms with Crippen molar-refractivity contribution in [3.05, 3.63) is 29.3 Å². The van der Waals surface area contributed by atoms with Gasteiger partial charge in [0.25, 0.3) is 5.88 Å². The first-order chi connectivity index (χ1) is 14.0. The zero-order valence-corrected chi connectivity index (χ0v) is 16.2. The largest absolute Gasteiger partial charge is 0.478 e. The standard InChI is InChI=1S/C16H15F6N5O2S/c1-29-13-12(24-30-25-13)26-2-4-27(5-3-26)14(28)23-11-7-9(15(17,18)19)6-10(8-11)16(20,21)22/h6-8H,2-5H2,1H3,(H,23,28). The van der Waals surface area contributed by atoms with Gasteiger partial charge < -0.3 is 19.9 Å². The second kappa shape index (κ2) is 8.16. The minimum absolute atomic E-state index is 0.00367. The molecule has 0 bridgehead atoms. The normalized spacial score (nSPS) is 15.3. The van der Waals surface area contributed by atoms with Gasteiger partial charge in [0.2, 0.25) is 5.82 Å². The van der Waals surface area contributed by atoms with E-state index in [-0.39, 0.29) is 19.2 Å². The van der Waals surface area contributed by atoms with Crippen molar-refractivity contribution in [1.82, 2.24) is 13.6 Å². The van der Waals surface area contributed by atoms with E-state index in [0.29, 0.717) is 36.9 Å². The van der Waals surface area contributed by atoms with Gasteiger partial charge in [0.1, 0.15) is 0 Å². The Morgan fingerprint density at radius 2 is 1.57 bits per heavy atom. The number of piperazine rings is 1. The second-order valence-corrected chi connectivity index (χ2v) is 6.82. The number of halogens is 6.